The minimum atomic E-state index is -0.983. The van der Waals surface area contributed by atoms with Gasteiger partial charge in [-0.15, -0.1) is 0 Å². The lowest BCUT2D eigenvalue weighted by molar-refractivity contribution is -0.137. The highest BCUT2D eigenvalue weighted by Crippen LogP contribution is 2.27. The number of methoxy groups -OCH3 is 1. The summed E-state index contributed by atoms with van der Waals surface area (Å²) in [7, 11) is 1.29. The number of benzene rings is 1. The number of fused-ring (bicyclic) bond motifs is 2. The average Bonchev–Trinajstić information content (AvgIpc) is 3.37. The first-order valence-corrected chi connectivity index (χ1v) is 13.1. The highest BCUT2D eigenvalue weighted by Gasteiger charge is 2.21. The van der Waals surface area contributed by atoms with Crippen LogP contribution >= 0.6 is 0 Å². The number of hydrogen-bond donors (Lipinski definition) is 3. The molecule has 3 aromatic rings. The van der Waals surface area contributed by atoms with Gasteiger partial charge in [-0.05, 0) is 60.7 Å². The number of carbonyl (C=O) groups is 2. The van der Waals surface area contributed by atoms with Crippen molar-refractivity contribution in [2.75, 3.05) is 32.1 Å². The van der Waals surface area contributed by atoms with Crippen molar-refractivity contribution >= 4 is 35.0 Å². The Morgan fingerprint density at radius 3 is 2.98 bits per heavy atom. The minimum Gasteiger partial charge on any atom is -0.493 e. The number of ether oxygens (including phenoxy) is 2. The number of carboxylic acids is 1. The molecule has 1 amide bonds. The molecule has 1 aliphatic rings. The minimum absolute atomic E-state index is 0.213. The number of hydrogen-bond acceptors (Lipinski definition) is 8. The van der Waals surface area contributed by atoms with Gasteiger partial charge in [0, 0.05) is 43.0 Å². The zero-order valence-corrected chi connectivity index (χ0v) is 22.7. The summed E-state index contributed by atoms with van der Waals surface area (Å²) in [6.07, 6.45) is 6.87. The number of allylic oxidation sites excluding steroid dienone is 1. The van der Waals surface area contributed by atoms with Crippen molar-refractivity contribution < 1.29 is 24.2 Å². The van der Waals surface area contributed by atoms with Gasteiger partial charge in [0.25, 0.3) is 0 Å². The second kappa shape index (κ2) is 13.4. The molecule has 0 unspecified atom stereocenters. The number of alkyl carbamates (subject to hydrolysis) is 1. The van der Waals surface area contributed by atoms with E-state index >= 15 is 0 Å². The maximum atomic E-state index is 11.7. The van der Waals surface area contributed by atoms with Crippen molar-refractivity contribution in [3.05, 3.63) is 71.7 Å². The largest absolute Gasteiger partial charge is 0.493 e. The maximum absolute atomic E-state index is 11.7. The standard InChI is InChI=1S/C29H34N6O5/c1-19(16-32-29(38)39-3)15-30-17-20(2)26(14-27(36)37)35-25-9-8-24(13-22(25)18-33-35)40-12-10-23-7-6-21-5-4-11-31-28(21)34-23/h6-9,13,15,17-18,26H,2,4-5,10-12,14,16H2,1,3H3,(H,31,34)(H,32,38)(H,36,37)/b19-15+,30-17?/t26-/m0/s1. The van der Waals surface area contributed by atoms with Gasteiger partial charge in [-0.2, -0.15) is 5.10 Å². The van der Waals surface area contributed by atoms with Crippen molar-refractivity contribution in [3.8, 4) is 5.75 Å². The van der Waals surface area contributed by atoms with Gasteiger partial charge in [0.2, 0.25) is 0 Å². The molecule has 1 aromatic carbocycles. The summed E-state index contributed by atoms with van der Waals surface area (Å²) in [5, 5.41) is 20.7. The first-order valence-electron chi connectivity index (χ1n) is 13.1. The summed E-state index contributed by atoms with van der Waals surface area (Å²) in [6.45, 7) is 7.53. The summed E-state index contributed by atoms with van der Waals surface area (Å²) in [4.78, 5) is 31.8. The molecule has 0 bridgehead atoms. The average molecular weight is 547 g/mol. The number of nitrogens with one attached hydrogen (secondary N) is 2. The number of nitrogens with zero attached hydrogens (tertiary/aromatic N) is 4. The number of aliphatic imine (C=N–C) groups is 1. The smallest absolute Gasteiger partial charge is 0.407 e. The molecular weight excluding hydrogens is 512 g/mol. The Balaban J connectivity index is 1.41. The molecule has 4 rings (SSSR count). The van der Waals surface area contributed by atoms with E-state index in [4.69, 9.17) is 9.72 Å². The Hall–Kier alpha value is -4.67. The number of aromatic nitrogens is 3. The zero-order valence-electron chi connectivity index (χ0n) is 22.7. The molecule has 0 radical (unpaired) electrons. The Morgan fingerprint density at radius 2 is 2.17 bits per heavy atom. The fourth-order valence-electron chi connectivity index (χ4n) is 4.37. The molecule has 0 saturated carbocycles. The Morgan fingerprint density at radius 1 is 1.32 bits per heavy atom. The Kier molecular flexibility index (Phi) is 9.50. The number of amides is 1. The van der Waals surface area contributed by atoms with Crippen LogP contribution in [0.1, 0.15) is 37.1 Å². The molecule has 11 nitrogen and oxygen atoms in total. The molecule has 1 aliphatic heterocycles. The van der Waals surface area contributed by atoms with Gasteiger partial charge in [0.05, 0.1) is 37.9 Å². The van der Waals surface area contributed by atoms with Crippen LogP contribution in [0.25, 0.3) is 10.9 Å². The quantitative estimate of drug-likeness (QED) is 0.286. The molecule has 210 valence electrons. The second-order valence-corrected chi connectivity index (χ2v) is 9.54. The molecule has 0 spiro atoms. The third kappa shape index (κ3) is 7.46. The predicted octanol–water partition coefficient (Wildman–Crippen LogP) is 4.31. The third-order valence-electron chi connectivity index (χ3n) is 6.47. The van der Waals surface area contributed by atoms with Gasteiger partial charge in [-0.1, -0.05) is 12.6 Å². The molecule has 1 atom stereocenters. The second-order valence-electron chi connectivity index (χ2n) is 9.54. The molecule has 40 heavy (non-hydrogen) atoms. The summed E-state index contributed by atoms with van der Waals surface area (Å²) in [6, 6.07) is 9.14. The fraction of sp³-hybridized carbons (Fsp3) is 0.345. The van der Waals surface area contributed by atoms with Crippen LogP contribution < -0.4 is 15.4 Å². The first kappa shape index (κ1) is 28.3. The van der Waals surface area contributed by atoms with E-state index in [1.165, 1.54) is 18.9 Å². The topological polar surface area (TPSA) is 140 Å². The van der Waals surface area contributed by atoms with E-state index in [1.54, 1.807) is 24.0 Å². The number of aliphatic carboxylic acids is 1. The Labute approximate surface area is 232 Å². The van der Waals surface area contributed by atoms with Crippen molar-refractivity contribution in [2.45, 2.75) is 38.6 Å². The molecule has 0 saturated heterocycles. The van der Waals surface area contributed by atoms with Crippen LogP contribution in [0.5, 0.6) is 5.75 Å². The van der Waals surface area contributed by atoms with Gasteiger partial charge in [-0.25, -0.2) is 9.78 Å². The summed E-state index contributed by atoms with van der Waals surface area (Å²) < 4.78 is 12.2. The van der Waals surface area contributed by atoms with Crippen molar-refractivity contribution in [3.63, 3.8) is 0 Å². The first-order chi connectivity index (χ1) is 19.3. The predicted molar refractivity (Wildman–Crippen MR) is 153 cm³/mol. The summed E-state index contributed by atoms with van der Waals surface area (Å²) in [5.74, 6) is 0.685. The van der Waals surface area contributed by atoms with Crippen LogP contribution in [0.15, 0.2) is 65.4 Å². The van der Waals surface area contributed by atoms with Crippen molar-refractivity contribution in [1.29, 1.82) is 0 Å². The van der Waals surface area contributed by atoms with E-state index in [0.29, 0.717) is 24.4 Å². The third-order valence-corrected chi connectivity index (χ3v) is 6.47. The summed E-state index contributed by atoms with van der Waals surface area (Å²) >= 11 is 0. The molecule has 0 aliphatic carbocycles. The monoisotopic (exact) mass is 546 g/mol. The molecule has 3 N–H and O–H groups in total. The van der Waals surface area contributed by atoms with Crippen LogP contribution in [0, 0.1) is 0 Å². The summed E-state index contributed by atoms with van der Waals surface area (Å²) in [5.41, 5.74) is 4.24. The van der Waals surface area contributed by atoms with Crippen LogP contribution in [0.2, 0.25) is 0 Å². The lowest BCUT2D eigenvalue weighted by Gasteiger charge is -2.17. The Bertz CT molecular complexity index is 1440. The zero-order chi connectivity index (χ0) is 28.5. The van der Waals surface area contributed by atoms with Crippen LogP contribution in [0.3, 0.4) is 0 Å². The highest BCUT2D eigenvalue weighted by molar-refractivity contribution is 5.84. The van der Waals surface area contributed by atoms with E-state index in [-0.39, 0.29) is 13.0 Å². The lowest BCUT2D eigenvalue weighted by atomic mass is 10.1. The van der Waals surface area contributed by atoms with Crippen molar-refractivity contribution in [2.24, 2.45) is 4.99 Å². The van der Waals surface area contributed by atoms with Crippen LogP contribution in [-0.4, -0.2) is 65.0 Å². The molecule has 3 heterocycles. The van der Waals surface area contributed by atoms with E-state index in [9.17, 15) is 14.7 Å². The lowest BCUT2D eigenvalue weighted by Crippen LogP contribution is -2.24. The van der Waals surface area contributed by atoms with E-state index < -0.39 is 18.1 Å². The van der Waals surface area contributed by atoms with Gasteiger partial charge in [0.15, 0.2) is 0 Å². The van der Waals surface area contributed by atoms with Gasteiger partial charge in [-0.3, -0.25) is 14.5 Å². The molecular formula is C29H34N6O5. The number of carbonyl (C=O) groups excluding carboxylic acids is 1. The molecule has 2 aromatic heterocycles. The number of pyridine rings is 1. The number of anilines is 1. The number of carboxylic acid groups (broad SMARTS) is 1. The highest BCUT2D eigenvalue weighted by atomic mass is 16.5. The van der Waals surface area contributed by atoms with E-state index in [1.807, 2.05) is 18.2 Å². The SMILES string of the molecule is C=C(C=N/C=C(\C)CNC(=O)OC)[C@H](CC(=O)O)n1ncc2cc(OCCc3ccc4c(n3)NCCC4)ccc21. The normalized spacial score (nSPS) is 13.9. The van der Waals surface area contributed by atoms with Crippen LogP contribution in [0.4, 0.5) is 10.6 Å². The fourth-order valence-corrected chi connectivity index (χ4v) is 4.37. The van der Waals surface area contributed by atoms with E-state index in [2.05, 4.69) is 44.2 Å². The van der Waals surface area contributed by atoms with Crippen LogP contribution in [-0.2, 0) is 22.4 Å². The van der Waals surface area contributed by atoms with Gasteiger partial charge >= 0.3 is 12.1 Å². The van der Waals surface area contributed by atoms with Gasteiger partial charge < -0.3 is 25.2 Å². The maximum Gasteiger partial charge on any atom is 0.407 e. The number of aryl methyl sites for hydroxylation is 1. The number of rotatable bonds is 12. The molecule has 0 fully saturated rings. The van der Waals surface area contributed by atoms with Gasteiger partial charge in [0.1, 0.15) is 11.6 Å². The molecule has 11 heteroatoms. The van der Waals surface area contributed by atoms with Crippen molar-refractivity contribution in [1.82, 2.24) is 20.1 Å². The van der Waals surface area contributed by atoms with E-state index in [0.717, 1.165) is 47.4 Å².